The van der Waals surface area contributed by atoms with Crippen molar-refractivity contribution >= 4 is 27.6 Å². The van der Waals surface area contributed by atoms with E-state index in [9.17, 15) is 0 Å². The van der Waals surface area contributed by atoms with E-state index in [4.69, 9.17) is 9.72 Å². The number of hydrogen-bond acceptors (Lipinski definition) is 5. The summed E-state index contributed by atoms with van der Waals surface area (Å²) in [6, 6.07) is 13.7. The standard InChI is InChI=1S/C28H36N6O/c1-19(2)35-18-20-6-8-24-23(16-20)27(32-31-24)28-29-25-9-7-22(17-26(25)30-28)34-14-10-21(11-15-34)33-12-4-3-5-13-33/h6-9,16-17,19,21H,3-5,10-15,18H2,1-2H3,(H,29,30)(H,31,32). The lowest BCUT2D eigenvalue weighted by Crippen LogP contribution is -2.46. The van der Waals surface area contributed by atoms with E-state index >= 15 is 0 Å². The van der Waals surface area contributed by atoms with Gasteiger partial charge in [-0.05, 0) is 88.5 Å². The Bertz CT molecular complexity index is 1290. The third-order valence-electron chi connectivity index (χ3n) is 7.64. The Kier molecular flexibility index (Phi) is 6.20. The largest absolute Gasteiger partial charge is 0.374 e. The second-order valence-corrected chi connectivity index (χ2v) is 10.4. The Labute approximate surface area is 206 Å². The predicted octanol–water partition coefficient (Wildman–Crippen LogP) is 5.49. The van der Waals surface area contributed by atoms with Gasteiger partial charge in [0.1, 0.15) is 5.69 Å². The molecule has 2 fully saturated rings. The van der Waals surface area contributed by atoms with Gasteiger partial charge in [0.25, 0.3) is 0 Å². The fourth-order valence-electron chi connectivity index (χ4n) is 5.67. The smallest absolute Gasteiger partial charge is 0.159 e. The zero-order chi connectivity index (χ0) is 23.8. The average Bonchev–Trinajstić information content (AvgIpc) is 3.51. The molecule has 2 aliphatic heterocycles. The molecule has 7 heteroatoms. The predicted molar refractivity (Wildman–Crippen MR) is 142 cm³/mol. The second-order valence-electron chi connectivity index (χ2n) is 10.4. The highest BCUT2D eigenvalue weighted by Gasteiger charge is 2.26. The van der Waals surface area contributed by atoms with Gasteiger partial charge >= 0.3 is 0 Å². The van der Waals surface area contributed by atoms with Gasteiger partial charge in [-0.25, -0.2) is 4.98 Å². The van der Waals surface area contributed by atoms with Crippen molar-refractivity contribution in [1.82, 2.24) is 25.1 Å². The number of rotatable bonds is 6. The maximum atomic E-state index is 5.80. The van der Waals surface area contributed by atoms with Gasteiger partial charge in [-0.2, -0.15) is 5.10 Å². The molecule has 7 nitrogen and oxygen atoms in total. The summed E-state index contributed by atoms with van der Waals surface area (Å²) in [5.74, 6) is 0.800. The molecule has 35 heavy (non-hydrogen) atoms. The highest BCUT2D eigenvalue weighted by atomic mass is 16.5. The van der Waals surface area contributed by atoms with E-state index in [-0.39, 0.29) is 6.10 Å². The molecule has 6 rings (SSSR count). The Morgan fingerprint density at radius 2 is 1.80 bits per heavy atom. The van der Waals surface area contributed by atoms with Crippen molar-refractivity contribution in [3.05, 3.63) is 42.0 Å². The number of imidazole rings is 1. The molecule has 2 N–H and O–H groups in total. The van der Waals surface area contributed by atoms with Crippen molar-refractivity contribution < 1.29 is 4.74 Å². The molecule has 4 aromatic rings. The molecule has 0 amide bonds. The van der Waals surface area contributed by atoms with Crippen LogP contribution >= 0.6 is 0 Å². The van der Waals surface area contributed by atoms with Gasteiger partial charge in [0.05, 0.1) is 29.3 Å². The lowest BCUT2D eigenvalue weighted by molar-refractivity contribution is 0.0658. The van der Waals surface area contributed by atoms with Gasteiger partial charge in [0.2, 0.25) is 0 Å². The maximum absolute atomic E-state index is 5.80. The molecule has 2 aromatic heterocycles. The molecular formula is C28H36N6O. The Morgan fingerprint density at radius 3 is 2.60 bits per heavy atom. The van der Waals surface area contributed by atoms with Gasteiger partial charge in [0.15, 0.2) is 5.82 Å². The number of benzene rings is 2. The Hall–Kier alpha value is -2.90. The van der Waals surface area contributed by atoms with Gasteiger partial charge in [-0.1, -0.05) is 12.5 Å². The van der Waals surface area contributed by atoms with Gasteiger partial charge in [0, 0.05) is 30.2 Å². The van der Waals surface area contributed by atoms with Crippen LogP contribution in [0.15, 0.2) is 36.4 Å². The molecule has 2 aliphatic rings. The Morgan fingerprint density at radius 1 is 0.971 bits per heavy atom. The van der Waals surface area contributed by atoms with Crippen LogP contribution in [0.3, 0.4) is 0 Å². The number of anilines is 1. The van der Waals surface area contributed by atoms with E-state index in [1.165, 1.54) is 50.9 Å². The molecule has 2 saturated heterocycles. The number of nitrogens with zero attached hydrogens (tertiary/aromatic N) is 4. The second kappa shape index (κ2) is 9.63. The zero-order valence-electron chi connectivity index (χ0n) is 20.9. The van der Waals surface area contributed by atoms with Crippen LogP contribution in [0.4, 0.5) is 5.69 Å². The molecule has 4 heterocycles. The van der Waals surface area contributed by atoms with Gasteiger partial charge in [-0.15, -0.1) is 0 Å². The molecule has 2 aromatic carbocycles. The molecule has 0 spiro atoms. The van der Waals surface area contributed by atoms with Crippen LogP contribution in [0, 0.1) is 0 Å². The molecule has 0 unspecified atom stereocenters. The van der Waals surface area contributed by atoms with Crippen molar-refractivity contribution in [3.63, 3.8) is 0 Å². The molecule has 0 atom stereocenters. The number of piperidine rings is 2. The maximum Gasteiger partial charge on any atom is 0.159 e. The summed E-state index contributed by atoms with van der Waals surface area (Å²) < 4.78 is 5.80. The molecule has 0 saturated carbocycles. The van der Waals surface area contributed by atoms with Crippen molar-refractivity contribution in [2.75, 3.05) is 31.1 Å². The number of ether oxygens (including phenoxy) is 1. The number of H-pyrrole nitrogens is 2. The summed E-state index contributed by atoms with van der Waals surface area (Å²) in [5, 5.41) is 8.81. The van der Waals surface area contributed by atoms with Crippen molar-refractivity contribution in [3.8, 4) is 11.5 Å². The van der Waals surface area contributed by atoms with Crippen LogP contribution in [0.25, 0.3) is 33.5 Å². The Balaban J connectivity index is 1.21. The first kappa shape index (κ1) is 22.6. The monoisotopic (exact) mass is 472 g/mol. The quantitative estimate of drug-likeness (QED) is 0.388. The summed E-state index contributed by atoms with van der Waals surface area (Å²) in [7, 11) is 0. The van der Waals surface area contributed by atoms with E-state index in [0.717, 1.165) is 58.1 Å². The fourth-order valence-corrected chi connectivity index (χ4v) is 5.67. The molecule has 0 aliphatic carbocycles. The molecular weight excluding hydrogens is 436 g/mol. The fraction of sp³-hybridized carbons (Fsp3) is 0.500. The minimum Gasteiger partial charge on any atom is -0.374 e. The van der Waals surface area contributed by atoms with Gasteiger partial charge < -0.3 is 19.5 Å². The van der Waals surface area contributed by atoms with Crippen LogP contribution in [0.1, 0.15) is 51.5 Å². The topological polar surface area (TPSA) is 73.1 Å². The first-order valence-corrected chi connectivity index (χ1v) is 13.2. The van der Waals surface area contributed by atoms with E-state index in [0.29, 0.717) is 6.61 Å². The van der Waals surface area contributed by atoms with Crippen LogP contribution in [-0.4, -0.2) is 63.4 Å². The number of aromatic nitrogens is 4. The lowest BCUT2D eigenvalue weighted by atomic mass is 9.99. The molecule has 0 radical (unpaired) electrons. The van der Waals surface area contributed by atoms with Crippen molar-refractivity contribution in [2.45, 2.75) is 64.7 Å². The highest BCUT2D eigenvalue weighted by molar-refractivity contribution is 5.93. The number of aromatic amines is 2. The first-order valence-electron chi connectivity index (χ1n) is 13.2. The summed E-state index contributed by atoms with van der Waals surface area (Å²) >= 11 is 0. The summed E-state index contributed by atoms with van der Waals surface area (Å²) in [6.45, 7) is 9.54. The third kappa shape index (κ3) is 4.67. The van der Waals surface area contributed by atoms with Crippen molar-refractivity contribution in [1.29, 1.82) is 0 Å². The molecule has 184 valence electrons. The minimum atomic E-state index is 0.203. The van der Waals surface area contributed by atoms with Crippen LogP contribution in [0.2, 0.25) is 0 Å². The number of likely N-dealkylation sites (tertiary alicyclic amines) is 1. The van der Waals surface area contributed by atoms with Crippen LogP contribution < -0.4 is 4.90 Å². The number of nitrogens with one attached hydrogen (secondary N) is 2. The molecule has 0 bridgehead atoms. The number of hydrogen-bond donors (Lipinski definition) is 2. The summed E-state index contributed by atoms with van der Waals surface area (Å²) in [5.41, 5.74) is 6.32. The van der Waals surface area contributed by atoms with E-state index in [1.807, 2.05) is 0 Å². The average molecular weight is 473 g/mol. The van der Waals surface area contributed by atoms with E-state index in [2.05, 4.69) is 75.2 Å². The number of fused-ring (bicyclic) bond motifs is 2. The summed E-state index contributed by atoms with van der Waals surface area (Å²) in [4.78, 5) is 13.7. The van der Waals surface area contributed by atoms with E-state index in [1.54, 1.807) is 0 Å². The van der Waals surface area contributed by atoms with E-state index < -0.39 is 0 Å². The minimum absolute atomic E-state index is 0.203. The normalized spacial score (nSPS) is 18.3. The van der Waals surface area contributed by atoms with Gasteiger partial charge in [-0.3, -0.25) is 5.10 Å². The van der Waals surface area contributed by atoms with Crippen LogP contribution in [0.5, 0.6) is 0 Å². The SMILES string of the molecule is CC(C)OCc1ccc2[nH]nc(-c3nc4ccc(N5CCC(N6CCCCC6)CC5)cc4[nH]3)c2c1. The van der Waals surface area contributed by atoms with Crippen LogP contribution in [-0.2, 0) is 11.3 Å². The third-order valence-corrected chi connectivity index (χ3v) is 7.64. The first-order chi connectivity index (χ1) is 17.1. The van der Waals surface area contributed by atoms with Crippen molar-refractivity contribution in [2.24, 2.45) is 0 Å². The lowest BCUT2D eigenvalue weighted by Gasteiger charge is -2.41. The highest BCUT2D eigenvalue weighted by Crippen LogP contribution is 2.30. The zero-order valence-corrected chi connectivity index (χ0v) is 20.9. The summed E-state index contributed by atoms with van der Waals surface area (Å²) in [6.07, 6.45) is 6.87.